The van der Waals surface area contributed by atoms with E-state index in [0.717, 1.165) is 0 Å². The number of anilines is 1. The molecule has 0 spiro atoms. The summed E-state index contributed by atoms with van der Waals surface area (Å²) in [6.07, 6.45) is -1.29. The molecule has 0 aromatic heterocycles. The first-order chi connectivity index (χ1) is 7.49. The number of hydrogen-bond acceptors (Lipinski definition) is 3. The largest absolute Gasteiger partial charge is 0.481 e. The van der Waals surface area contributed by atoms with E-state index in [1.165, 1.54) is 12.1 Å². The van der Waals surface area contributed by atoms with Crippen LogP contribution in [0.25, 0.3) is 0 Å². The van der Waals surface area contributed by atoms with Crippen molar-refractivity contribution in [3.8, 4) is 0 Å². The second kappa shape index (κ2) is 5.46. The molecule has 0 saturated heterocycles. The van der Waals surface area contributed by atoms with Crippen molar-refractivity contribution in [3.05, 3.63) is 30.1 Å². The maximum Gasteiger partial charge on any atom is 0.306 e. The Morgan fingerprint density at radius 2 is 2.25 bits per heavy atom. The van der Waals surface area contributed by atoms with Gasteiger partial charge in [-0.15, -0.1) is 0 Å². The highest BCUT2D eigenvalue weighted by Crippen LogP contribution is 2.14. The Balaban J connectivity index is 2.58. The van der Waals surface area contributed by atoms with Gasteiger partial charge in [0.05, 0.1) is 12.5 Å². The maximum atomic E-state index is 12.9. The molecule has 0 aliphatic heterocycles. The standard InChI is InChI=1S/C11H14FNO3/c1-13(7-10(14)6-11(15)16)9-4-2-3-8(12)5-9/h2-5,10,14H,6-7H2,1H3,(H,15,16). The lowest BCUT2D eigenvalue weighted by Gasteiger charge is -2.21. The number of aliphatic hydroxyl groups excluding tert-OH is 1. The van der Waals surface area contributed by atoms with Gasteiger partial charge in [-0.3, -0.25) is 4.79 Å². The molecular formula is C11H14FNO3. The summed E-state index contributed by atoms with van der Waals surface area (Å²) in [7, 11) is 1.67. The van der Waals surface area contributed by atoms with Crippen molar-refractivity contribution in [1.29, 1.82) is 0 Å². The number of carboxylic acid groups (broad SMARTS) is 1. The van der Waals surface area contributed by atoms with Crippen LogP contribution in [0.4, 0.5) is 10.1 Å². The van der Waals surface area contributed by atoms with E-state index in [0.29, 0.717) is 5.69 Å². The zero-order valence-corrected chi connectivity index (χ0v) is 8.93. The summed E-state index contributed by atoms with van der Waals surface area (Å²) in [5.41, 5.74) is 0.601. The average Bonchev–Trinajstić information content (AvgIpc) is 2.16. The van der Waals surface area contributed by atoms with Crippen molar-refractivity contribution in [2.45, 2.75) is 12.5 Å². The summed E-state index contributed by atoms with van der Waals surface area (Å²) in [5.74, 6) is -1.42. The van der Waals surface area contributed by atoms with Crippen molar-refractivity contribution in [3.63, 3.8) is 0 Å². The van der Waals surface area contributed by atoms with Crippen LogP contribution in [0.2, 0.25) is 0 Å². The predicted molar refractivity (Wildman–Crippen MR) is 57.9 cm³/mol. The lowest BCUT2D eigenvalue weighted by Crippen LogP contribution is -2.30. The number of aliphatic carboxylic acids is 1. The first kappa shape index (κ1) is 12.4. The van der Waals surface area contributed by atoms with E-state index in [1.807, 2.05) is 0 Å². The van der Waals surface area contributed by atoms with Gasteiger partial charge >= 0.3 is 5.97 Å². The molecule has 16 heavy (non-hydrogen) atoms. The van der Waals surface area contributed by atoms with E-state index < -0.39 is 12.1 Å². The molecule has 1 atom stereocenters. The maximum absolute atomic E-state index is 12.9. The minimum Gasteiger partial charge on any atom is -0.481 e. The summed E-state index contributed by atoms with van der Waals surface area (Å²) in [6, 6.07) is 5.90. The van der Waals surface area contributed by atoms with Crippen molar-refractivity contribution in [2.75, 3.05) is 18.5 Å². The Morgan fingerprint density at radius 3 is 2.81 bits per heavy atom. The van der Waals surface area contributed by atoms with Gasteiger partial charge in [0, 0.05) is 19.3 Å². The molecule has 5 heteroatoms. The number of carbonyl (C=O) groups is 1. The summed E-state index contributed by atoms with van der Waals surface area (Å²) in [6.45, 7) is 0.149. The molecule has 1 rings (SSSR count). The molecule has 0 amide bonds. The van der Waals surface area contributed by atoms with E-state index in [-0.39, 0.29) is 18.8 Å². The van der Waals surface area contributed by atoms with Crippen LogP contribution in [0, 0.1) is 5.82 Å². The van der Waals surface area contributed by atoms with Crippen LogP contribution >= 0.6 is 0 Å². The summed E-state index contributed by atoms with van der Waals surface area (Å²) >= 11 is 0. The molecule has 0 aliphatic rings. The van der Waals surface area contributed by atoms with Gasteiger partial charge in [-0.2, -0.15) is 0 Å². The minimum absolute atomic E-state index is 0.149. The molecule has 88 valence electrons. The molecular weight excluding hydrogens is 213 g/mol. The van der Waals surface area contributed by atoms with Gasteiger partial charge in [-0.1, -0.05) is 6.07 Å². The first-order valence-corrected chi connectivity index (χ1v) is 4.85. The molecule has 1 aromatic rings. The number of benzene rings is 1. The number of likely N-dealkylation sites (N-methyl/N-ethyl adjacent to an activating group) is 1. The topological polar surface area (TPSA) is 60.8 Å². The van der Waals surface area contributed by atoms with E-state index in [9.17, 15) is 14.3 Å². The molecule has 0 aliphatic carbocycles. The Morgan fingerprint density at radius 1 is 1.56 bits per heavy atom. The molecule has 0 saturated carbocycles. The third-order valence-corrected chi connectivity index (χ3v) is 2.14. The zero-order chi connectivity index (χ0) is 12.1. The van der Waals surface area contributed by atoms with Gasteiger partial charge in [0.25, 0.3) is 0 Å². The Hall–Kier alpha value is -1.62. The summed E-state index contributed by atoms with van der Waals surface area (Å²) in [4.78, 5) is 12.0. The van der Waals surface area contributed by atoms with Crippen molar-refractivity contribution >= 4 is 11.7 Å². The fourth-order valence-corrected chi connectivity index (χ4v) is 1.40. The first-order valence-electron chi connectivity index (χ1n) is 4.85. The average molecular weight is 227 g/mol. The molecule has 0 fully saturated rings. The number of aliphatic hydroxyl groups is 1. The van der Waals surface area contributed by atoms with Crippen LogP contribution in [0.3, 0.4) is 0 Å². The van der Waals surface area contributed by atoms with Crippen LogP contribution < -0.4 is 4.90 Å². The van der Waals surface area contributed by atoms with Crippen LogP contribution in [-0.4, -0.2) is 35.9 Å². The van der Waals surface area contributed by atoms with Gasteiger partial charge in [0.1, 0.15) is 5.82 Å². The van der Waals surface area contributed by atoms with E-state index in [2.05, 4.69) is 0 Å². The van der Waals surface area contributed by atoms with Gasteiger partial charge in [-0.25, -0.2) is 4.39 Å². The number of hydrogen-bond donors (Lipinski definition) is 2. The molecule has 2 N–H and O–H groups in total. The fourth-order valence-electron chi connectivity index (χ4n) is 1.40. The second-order valence-electron chi connectivity index (χ2n) is 3.61. The van der Waals surface area contributed by atoms with Crippen LogP contribution in [0.5, 0.6) is 0 Å². The van der Waals surface area contributed by atoms with Gasteiger partial charge in [0.15, 0.2) is 0 Å². The Kier molecular flexibility index (Phi) is 4.25. The van der Waals surface area contributed by atoms with Crippen molar-refractivity contribution in [2.24, 2.45) is 0 Å². The SMILES string of the molecule is CN(CC(O)CC(=O)O)c1cccc(F)c1. The third-order valence-electron chi connectivity index (χ3n) is 2.14. The monoisotopic (exact) mass is 227 g/mol. The van der Waals surface area contributed by atoms with Crippen LogP contribution in [0.1, 0.15) is 6.42 Å². The molecule has 0 heterocycles. The van der Waals surface area contributed by atoms with Crippen molar-refractivity contribution in [1.82, 2.24) is 0 Å². The number of carboxylic acids is 1. The highest BCUT2D eigenvalue weighted by molar-refractivity contribution is 5.67. The number of nitrogens with zero attached hydrogens (tertiary/aromatic N) is 1. The molecule has 0 bridgehead atoms. The Labute approximate surface area is 92.9 Å². The molecule has 0 radical (unpaired) electrons. The minimum atomic E-state index is -1.06. The van der Waals surface area contributed by atoms with E-state index in [4.69, 9.17) is 5.11 Å². The Bertz CT molecular complexity index is 370. The lowest BCUT2D eigenvalue weighted by molar-refractivity contribution is -0.139. The van der Waals surface area contributed by atoms with Gasteiger partial charge in [0.2, 0.25) is 0 Å². The highest BCUT2D eigenvalue weighted by Gasteiger charge is 2.12. The number of halogens is 1. The molecule has 4 nitrogen and oxygen atoms in total. The zero-order valence-electron chi connectivity index (χ0n) is 8.93. The highest BCUT2D eigenvalue weighted by atomic mass is 19.1. The quantitative estimate of drug-likeness (QED) is 0.790. The lowest BCUT2D eigenvalue weighted by atomic mass is 10.2. The van der Waals surface area contributed by atoms with Crippen molar-refractivity contribution < 1.29 is 19.4 Å². The predicted octanol–water partition coefficient (Wildman–Crippen LogP) is 1.10. The second-order valence-corrected chi connectivity index (χ2v) is 3.61. The summed E-state index contributed by atoms with van der Waals surface area (Å²) in [5, 5.41) is 17.9. The summed E-state index contributed by atoms with van der Waals surface area (Å²) < 4.78 is 12.9. The van der Waals surface area contributed by atoms with E-state index >= 15 is 0 Å². The van der Waals surface area contributed by atoms with Crippen LogP contribution in [-0.2, 0) is 4.79 Å². The number of rotatable bonds is 5. The van der Waals surface area contributed by atoms with Crippen LogP contribution in [0.15, 0.2) is 24.3 Å². The van der Waals surface area contributed by atoms with Gasteiger partial charge in [-0.05, 0) is 18.2 Å². The fraction of sp³-hybridized carbons (Fsp3) is 0.364. The van der Waals surface area contributed by atoms with E-state index in [1.54, 1.807) is 24.1 Å². The van der Waals surface area contributed by atoms with Gasteiger partial charge < -0.3 is 15.1 Å². The third kappa shape index (κ3) is 3.86. The molecule has 1 aromatic carbocycles. The molecule has 1 unspecified atom stereocenters. The normalized spacial score (nSPS) is 12.2. The smallest absolute Gasteiger partial charge is 0.306 e.